The number of ketones is 1. The fraction of sp³-hybridized carbons (Fsp3) is 0.391. The number of rotatable bonds is 10. The summed E-state index contributed by atoms with van der Waals surface area (Å²) in [6.07, 6.45) is 5.84. The quantitative estimate of drug-likeness (QED) is 0.376. The third-order valence-electron chi connectivity index (χ3n) is 5.07. The largest absolute Gasteiger partial charge is 0.490 e. The van der Waals surface area contributed by atoms with Crippen molar-refractivity contribution in [3.8, 4) is 5.75 Å². The first-order valence-corrected chi connectivity index (χ1v) is 10.9. The lowest BCUT2D eigenvalue weighted by molar-refractivity contribution is -0.134. The number of hydrogen-bond acceptors (Lipinski definition) is 5. The van der Waals surface area contributed by atoms with Crippen molar-refractivity contribution in [3.63, 3.8) is 0 Å². The number of hydrogen-bond donors (Lipinski definition) is 0. The lowest BCUT2D eigenvalue weighted by Gasteiger charge is -2.19. The minimum Gasteiger partial charge on any atom is -0.490 e. The summed E-state index contributed by atoms with van der Waals surface area (Å²) in [5.41, 5.74) is 0. The Morgan fingerprint density at radius 2 is 1.84 bits per heavy atom. The molecule has 1 aliphatic carbocycles. The number of likely N-dealkylation sites (tertiary alicyclic amines) is 1. The van der Waals surface area contributed by atoms with Crippen molar-refractivity contribution in [3.05, 3.63) is 64.6 Å². The Labute approximate surface area is 192 Å². The van der Waals surface area contributed by atoms with Crippen LogP contribution in [-0.4, -0.2) is 49.5 Å². The van der Waals surface area contributed by atoms with Crippen molar-refractivity contribution in [2.24, 2.45) is 5.92 Å². The SMILES string of the molecule is C=C(OCC1CCN(C(=O)COC2=CC=C(Cl)CC2)C1)C(=O)COc1ccc(Cl)cc1. The van der Waals surface area contributed by atoms with Gasteiger partial charge in [-0.15, -0.1) is 0 Å². The van der Waals surface area contributed by atoms with Crippen molar-refractivity contribution in [1.29, 1.82) is 0 Å². The summed E-state index contributed by atoms with van der Waals surface area (Å²) in [6, 6.07) is 6.74. The van der Waals surface area contributed by atoms with Gasteiger partial charge in [0.2, 0.25) is 5.78 Å². The molecular weight excluding hydrogens is 441 g/mol. The second kappa shape index (κ2) is 11.3. The zero-order valence-corrected chi connectivity index (χ0v) is 18.7. The standard InChI is InChI=1S/C23H25Cl2NO5/c1-16(22(27)14-30-20-6-2-18(24)3-7-20)29-13-17-10-11-26(12-17)23(28)15-31-21-8-4-19(25)5-9-21/h2-4,6-8,17H,1,5,9-15H2. The fourth-order valence-electron chi connectivity index (χ4n) is 3.21. The molecular formula is C23H25Cl2NO5. The second-order valence-electron chi connectivity index (χ2n) is 7.43. The van der Waals surface area contributed by atoms with Crippen molar-refractivity contribution in [2.45, 2.75) is 19.3 Å². The smallest absolute Gasteiger partial charge is 0.260 e. The normalized spacial score (nSPS) is 18.1. The Kier molecular flexibility index (Phi) is 8.43. The molecule has 2 aliphatic rings. The number of carbonyl (C=O) groups is 2. The maximum Gasteiger partial charge on any atom is 0.260 e. The lowest BCUT2D eigenvalue weighted by Crippen LogP contribution is -2.32. The van der Waals surface area contributed by atoms with Gasteiger partial charge in [-0.2, -0.15) is 0 Å². The number of Topliss-reactive ketones (excluding diaryl/α,β-unsaturated/α-hetero) is 1. The molecule has 1 saturated heterocycles. The first kappa shape index (κ1) is 23.2. The van der Waals surface area contributed by atoms with Crippen LogP contribution in [0, 0.1) is 5.92 Å². The van der Waals surface area contributed by atoms with E-state index in [-0.39, 0.29) is 36.6 Å². The third kappa shape index (κ3) is 7.33. The number of nitrogens with zero attached hydrogens (tertiary/aromatic N) is 1. The molecule has 1 aliphatic heterocycles. The second-order valence-corrected chi connectivity index (χ2v) is 8.35. The Balaban J connectivity index is 1.33. The number of allylic oxidation sites excluding steroid dienone is 4. The van der Waals surface area contributed by atoms with Crippen LogP contribution in [0.4, 0.5) is 0 Å². The Bertz CT molecular complexity index is 878. The van der Waals surface area contributed by atoms with Crippen LogP contribution in [0.3, 0.4) is 0 Å². The topological polar surface area (TPSA) is 65.1 Å². The molecule has 166 valence electrons. The minimum atomic E-state index is -0.329. The van der Waals surface area contributed by atoms with E-state index in [4.69, 9.17) is 37.4 Å². The first-order valence-electron chi connectivity index (χ1n) is 10.1. The van der Waals surface area contributed by atoms with E-state index in [0.29, 0.717) is 36.9 Å². The van der Waals surface area contributed by atoms with Crippen LogP contribution >= 0.6 is 23.2 Å². The summed E-state index contributed by atoms with van der Waals surface area (Å²) in [7, 11) is 0. The molecule has 3 rings (SSSR count). The van der Waals surface area contributed by atoms with Crippen molar-refractivity contribution < 1.29 is 23.8 Å². The van der Waals surface area contributed by atoms with Gasteiger partial charge in [0.1, 0.15) is 5.75 Å². The van der Waals surface area contributed by atoms with E-state index in [0.717, 1.165) is 23.6 Å². The van der Waals surface area contributed by atoms with Crippen LogP contribution < -0.4 is 4.74 Å². The van der Waals surface area contributed by atoms with Crippen LogP contribution in [0.1, 0.15) is 19.3 Å². The van der Waals surface area contributed by atoms with Gasteiger partial charge in [0, 0.05) is 35.5 Å². The predicted octanol–water partition coefficient (Wildman–Crippen LogP) is 4.48. The summed E-state index contributed by atoms with van der Waals surface area (Å²) >= 11 is 11.7. The Morgan fingerprint density at radius 1 is 1.06 bits per heavy atom. The molecule has 0 spiro atoms. The molecule has 1 fully saturated rings. The molecule has 31 heavy (non-hydrogen) atoms. The first-order chi connectivity index (χ1) is 14.9. The van der Waals surface area contributed by atoms with Gasteiger partial charge in [0.25, 0.3) is 5.91 Å². The zero-order valence-electron chi connectivity index (χ0n) is 17.1. The summed E-state index contributed by atoms with van der Waals surface area (Å²) in [5.74, 6) is 1.12. The molecule has 1 aromatic rings. The van der Waals surface area contributed by atoms with Crippen molar-refractivity contribution >= 4 is 34.9 Å². The van der Waals surface area contributed by atoms with E-state index >= 15 is 0 Å². The average Bonchev–Trinajstić information content (AvgIpc) is 3.25. The van der Waals surface area contributed by atoms with Crippen molar-refractivity contribution in [2.75, 3.05) is 32.9 Å². The number of halogens is 2. The average molecular weight is 466 g/mol. The Morgan fingerprint density at radius 3 is 2.55 bits per heavy atom. The van der Waals surface area contributed by atoms with E-state index in [1.54, 1.807) is 41.3 Å². The summed E-state index contributed by atoms with van der Waals surface area (Å²) in [6.45, 7) is 5.07. The van der Waals surface area contributed by atoms with Gasteiger partial charge < -0.3 is 19.1 Å². The maximum absolute atomic E-state index is 12.4. The number of ether oxygens (including phenoxy) is 3. The summed E-state index contributed by atoms with van der Waals surface area (Å²) in [5, 5.41) is 1.38. The van der Waals surface area contributed by atoms with Crippen LogP contribution in [0.15, 0.2) is 59.5 Å². The molecule has 8 heteroatoms. The van der Waals surface area contributed by atoms with E-state index in [9.17, 15) is 9.59 Å². The molecule has 1 amide bonds. The van der Waals surface area contributed by atoms with E-state index in [1.165, 1.54) is 0 Å². The molecule has 1 heterocycles. The molecule has 1 unspecified atom stereocenters. The minimum absolute atomic E-state index is 0.0120. The van der Waals surface area contributed by atoms with Crippen LogP contribution in [-0.2, 0) is 19.1 Å². The number of benzene rings is 1. The highest BCUT2D eigenvalue weighted by Crippen LogP contribution is 2.22. The Hall–Kier alpha value is -2.44. The van der Waals surface area contributed by atoms with Crippen molar-refractivity contribution in [1.82, 2.24) is 4.90 Å². The monoisotopic (exact) mass is 465 g/mol. The molecule has 0 N–H and O–H groups in total. The molecule has 1 aromatic carbocycles. The van der Waals surface area contributed by atoms with Gasteiger partial charge in [-0.05, 0) is 49.3 Å². The van der Waals surface area contributed by atoms with E-state index in [1.807, 2.05) is 0 Å². The summed E-state index contributed by atoms with van der Waals surface area (Å²) < 4.78 is 16.6. The summed E-state index contributed by atoms with van der Waals surface area (Å²) in [4.78, 5) is 26.3. The fourth-order valence-corrected chi connectivity index (χ4v) is 3.50. The molecule has 0 saturated carbocycles. The molecule has 1 atom stereocenters. The molecule has 0 radical (unpaired) electrons. The maximum atomic E-state index is 12.4. The number of amides is 1. The third-order valence-corrected chi connectivity index (χ3v) is 5.63. The van der Waals surface area contributed by atoms with Crippen LogP contribution in [0.5, 0.6) is 5.75 Å². The van der Waals surface area contributed by atoms with E-state index in [2.05, 4.69) is 6.58 Å². The van der Waals surface area contributed by atoms with Gasteiger partial charge in [-0.1, -0.05) is 29.8 Å². The van der Waals surface area contributed by atoms with Crippen LogP contribution in [0.2, 0.25) is 5.02 Å². The highest BCUT2D eigenvalue weighted by molar-refractivity contribution is 6.30. The van der Waals surface area contributed by atoms with Gasteiger partial charge in [0.05, 0.1) is 12.4 Å². The lowest BCUT2D eigenvalue weighted by atomic mass is 10.1. The van der Waals surface area contributed by atoms with Gasteiger partial charge >= 0.3 is 0 Å². The van der Waals surface area contributed by atoms with Gasteiger partial charge in [-0.25, -0.2) is 0 Å². The van der Waals surface area contributed by atoms with Gasteiger partial charge in [-0.3, -0.25) is 9.59 Å². The van der Waals surface area contributed by atoms with Gasteiger partial charge in [0.15, 0.2) is 19.0 Å². The highest BCUT2D eigenvalue weighted by atomic mass is 35.5. The predicted molar refractivity (Wildman–Crippen MR) is 119 cm³/mol. The van der Waals surface area contributed by atoms with E-state index < -0.39 is 0 Å². The highest BCUT2D eigenvalue weighted by Gasteiger charge is 2.27. The van der Waals surface area contributed by atoms with Crippen LogP contribution in [0.25, 0.3) is 0 Å². The zero-order chi connectivity index (χ0) is 22.2. The molecule has 0 aromatic heterocycles. The molecule has 0 bridgehead atoms. The number of carbonyl (C=O) groups excluding carboxylic acids is 2. The molecule has 6 nitrogen and oxygen atoms in total.